The molecule has 3 N–H and O–H groups in total. The fourth-order valence-corrected chi connectivity index (χ4v) is 1.31. The SMILES string of the molecule is CCCNc1c(N)c(CC)nn1C. The maximum atomic E-state index is 5.91. The van der Waals surface area contributed by atoms with Gasteiger partial charge < -0.3 is 11.1 Å². The minimum atomic E-state index is 0.790. The van der Waals surface area contributed by atoms with E-state index in [9.17, 15) is 0 Å². The molecule has 1 heterocycles. The molecule has 13 heavy (non-hydrogen) atoms. The van der Waals surface area contributed by atoms with Gasteiger partial charge in [-0.1, -0.05) is 13.8 Å². The Labute approximate surface area is 79.1 Å². The van der Waals surface area contributed by atoms with Crippen LogP contribution in [0.3, 0.4) is 0 Å². The highest BCUT2D eigenvalue weighted by molar-refractivity contribution is 5.64. The number of aromatic nitrogens is 2. The lowest BCUT2D eigenvalue weighted by atomic mass is 10.3. The van der Waals surface area contributed by atoms with Crippen LogP contribution >= 0.6 is 0 Å². The predicted molar refractivity (Wildman–Crippen MR) is 55.8 cm³/mol. The largest absolute Gasteiger partial charge is 0.394 e. The summed E-state index contributed by atoms with van der Waals surface area (Å²) in [5.41, 5.74) is 7.67. The van der Waals surface area contributed by atoms with E-state index in [1.165, 1.54) is 0 Å². The van der Waals surface area contributed by atoms with Crippen molar-refractivity contribution < 1.29 is 0 Å². The van der Waals surface area contributed by atoms with Crippen molar-refractivity contribution in [2.75, 3.05) is 17.6 Å². The Bertz CT molecular complexity index is 277. The van der Waals surface area contributed by atoms with Gasteiger partial charge in [0.25, 0.3) is 0 Å². The third kappa shape index (κ3) is 1.94. The van der Waals surface area contributed by atoms with Crippen LogP contribution in [0.5, 0.6) is 0 Å². The van der Waals surface area contributed by atoms with E-state index in [1.54, 1.807) is 0 Å². The average Bonchev–Trinajstić information content (AvgIpc) is 2.39. The molecule has 0 radical (unpaired) electrons. The van der Waals surface area contributed by atoms with Crippen molar-refractivity contribution in [2.45, 2.75) is 26.7 Å². The molecule has 0 aromatic carbocycles. The maximum absolute atomic E-state index is 5.91. The highest BCUT2D eigenvalue weighted by Gasteiger charge is 2.10. The lowest BCUT2D eigenvalue weighted by molar-refractivity contribution is 0.746. The molecule has 0 aliphatic rings. The Balaban J connectivity index is 2.85. The van der Waals surface area contributed by atoms with E-state index in [2.05, 4.69) is 24.3 Å². The van der Waals surface area contributed by atoms with Gasteiger partial charge >= 0.3 is 0 Å². The molecule has 1 rings (SSSR count). The molecule has 1 aromatic rings. The Morgan fingerprint density at radius 1 is 1.46 bits per heavy atom. The van der Waals surface area contributed by atoms with Crippen LogP contribution in [0, 0.1) is 0 Å². The fourth-order valence-electron chi connectivity index (χ4n) is 1.31. The number of nitrogens with two attached hydrogens (primary N) is 1. The van der Waals surface area contributed by atoms with Gasteiger partial charge in [-0.2, -0.15) is 5.10 Å². The molecule has 0 atom stereocenters. The number of nitrogen functional groups attached to an aromatic ring is 1. The van der Waals surface area contributed by atoms with Gasteiger partial charge in [0.05, 0.1) is 11.4 Å². The summed E-state index contributed by atoms with van der Waals surface area (Å²) in [5, 5.41) is 7.57. The molecule has 0 saturated heterocycles. The van der Waals surface area contributed by atoms with Crippen LogP contribution in [0.15, 0.2) is 0 Å². The highest BCUT2D eigenvalue weighted by atomic mass is 15.3. The second-order valence-electron chi connectivity index (χ2n) is 3.11. The Kier molecular flexibility index (Phi) is 3.17. The Morgan fingerprint density at radius 2 is 2.15 bits per heavy atom. The molecule has 1 aromatic heterocycles. The molecule has 0 aliphatic heterocycles. The second-order valence-corrected chi connectivity index (χ2v) is 3.11. The minimum absolute atomic E-state index is 0.790. The molecule has 4 nitrogen and oxygen atoms in total. The van der Waals surface area contributed by atoms with Crippen molar-refractivity contribution in [1.82, 2.24) is 9.78 Å². The molecule has 0 aliphatic carbocycles. The predicted octanol–water partition coefficient (Wildman–Crippen LogP) is 1.39. The zero-order valence-electron chi connectivity index (χ0n) is 8.59. The third-order valence-electron chi connectivity index (χ3n) is 2.04. The van der Waals surface area contributed by atoms with Crippen molar-refractivity contribution in [2.24, 2.45) is 7.05 Å². The average molecular weight is 182 g/mol. The van der Waals surface area contributed by atoms with Crippen LogP contribution in [-0.2, 0) is 13.5 Å². The van der Waals surface area contributed by atoms with Gasteiger partial charge in [0.1, 0.15) is 5.82 Å². The molecule has 0 unspecified atom stereocenters. The first-order valence-corrected chi connectivity index (χ1v) is 4.75. The van der Waals surface area contributed by atoms with E-state index in [0.717, 1.165) is 36.6 Å². The van der Waals surface area contributed by atoms with Crippen molar-refractivity contribution in [3.05, 3.63) is 5.69 Å². The first-order valence-electron chi connectivity index (χ1n) is 4.75. The van der Waals surface area contributed by atoms with Crippen molar-refractivity contribution in [1.29, 1.82) is 0 Å². The topological polar surface area (TPSA) is 55.9 Å². The zero-order valence-corrected chi connectivity index (χ0v) is 8.59. The first kappa shape index (κ1) is 9.89. The van der Waals surface area contributed by atoms with Gasteiger partial charge in [0, 0.05) is 13.6 Å². The summed E-state index contributed by atoms with van der Waals surface area (Å²) in [7, 11) is 1.91. The molecule has 0 amide bonds. The van der Waals surface area contributed by atoms with E-state index >= 15 is 0 Å². The fraction of sp³-hybridized carbons (Fsp3) is 0.667. The number of hydrogen-bond donors (Lipinski definition) is 2. The molecule has 0 fully saturated rings. The number of rotatable bonds is 4. The van der Waals surface area contributed by atoms with Crippen molar-refractivity contribution in [3.63, 3.8) is 0 Å². The van der Waals surface area contributed by atoms with Crippen LogP contribution in [0.1, 0.15) is 26.0 Å². The molecule has 0 bridgehead atoms. The number of anilines is 2. The highest BCUT2D eigenvalue weighted by Crippen LogP contribution is 2.21. The number of nitrogens with one attached hydrogen (secondary N) is 1. The molecule has 0 saturated carbocycles. The second kappa shape index (κ2) is 4.16. The maximum Gasteiger partial charge on any atom is 0.147 e. The molecular formula is C9H18N4. The van der Waals surface area contributed by atoms with Gasteiger partial charge in [-0.25, -0.2) is 0 Å². The summed E-state index contributed by atoms with van der Waals surface area (Å²) < 4.78 is 1.81. The number of nitrogens with zero attached hydrogens (tertiary/aromatic N) is 2. The van der Waals surface area contributed by atoms with Gasteiger partial charge in [-0.05, 0) is 12.8 Å². The van der Waals surface area contributed by atoms with E-state index in [-0.39, 0.29) is 0 Å². The lowest BCUT2D eigenvalue weighted by Crippen LogP contribution is -2.06. The van der Waals surface area contributed by atoms with Crippen LogP contribution in [0.25, 0.3) is 0 Å². The summed E-state index contributed by atoms with van der Waals surface area (Å²) in [6, 6.07) is 0. The van der Waals surface area contributed by atoms with Crippen LogP contribution < -0.4 is 11.1 Å². The van der Waals surface area contributed by atoms with Gasteiger partial charge in [-0.15, -0.1) is 0 Å². The van der Waals surface area contributed by atoms with Gasteiger partial charge in [0.2, 0.25) is 0 Å². The van der Waals surface area contributed by atoms with E-state index in [4.69, 9.17) is 5.73 Å². The summed E-state index contributed by atoms with van der Waals surface area (Å²) >= 11 is 0. The summed E-state index contributed by atoms with van der Waals surface area (Å²) in [4.78, 5) is 0. The van der Waals surface area contributed by atoms with Crippen molar-refractivity contribution in [3.8, 4) is 0 Å². The lowest BCUT2D eigenvalue weighted by Gasteiger charge is -2.05. The van der Waals surface area contributed by atoms with Crippen LogP contribution in [-0.4, -0.2) is 16.3 Å². The normalized spacial score (nSPS) is 10.4. The van der Waals surface area contributed by atoms with E-state index < -0.39 is 0 Å². The molecular weight excluding hydrogens is 164 g/mol. The Hall–Kier alpha value is -1.19. The van der Waals surface area contributed by atoms with E-state index in [1.807, 2.05) is 11.7 Å². The van der Waals surface area contributed by atoms with Crippen LogP contribution in [0.4, 0.5) is 11.5 Å². The van der Waals surface area contributed by atoms with Crippen molar-refractivity contribution >= 4 is 11.5 Å². The molecule has 4 heteroatoms. The summed E-state index contributed by atoms with van der Waals surface area (Å²) in [6.07, 6.45) is 1.97. The molecule has 74 valence electrons. The zero-order chi connectivity index (χ0) is 9.84. The molecule has 0 spiro atoms. The monoisotopic (exact) mass is 182 g/mol. The van der Waals surface area contributed by atoms with E-state index in [0.29, 0.717) is 0 Å². The summed E-state index contributed by atoms with van der Waals surface area (Å²) in [5.74, 6) is 0.943. The van der Waals surface area contributed by atoms with Crippen LogP contribution in [0.2, 0.25) is 0 Å². The first-order chi connectivity index (χ1) is 6.20. The van der Waals surface area contributed by atoms with Gasteiger partial charge in [0.15, 0.2) is 0 Å². The number of hydrogen-bond acceptors (Lipinski definition) is 3. The third-order valence-corrected chi connectivity index (χ3v) is 2.04. The standard InChI is InChI=1S/C9H18N4/c1-4-6-11-9-8(10)7(5-2)12-13(9)3/h11H,4-6,10H2,1-3H3. The quantitative estimate of drug-likeness (QED) is 0.739. The smallest absolute Gasteiger partial charge is 0.147 e. The Morgan fingerprint density at radius 3 is 2.62 bits per heavy atom. The summed E-state index contributed by atoms with van der Waals surface area (Å²) in [6.45, 7) is 5.12. The van der Waals surface area contributed by atoms with Gasteiger partial charge in [-0.3, -0.25) is 4.68 Å². The minimum Gasteiger partial charge on any atom is -0.394 e. The number of aryl methyl sites for hydroxylation is 2.